The summed E-state index contributed by atoms with van der Waals surface area (Å²) >= 11 is 0. The predicted octanol–water partition coefficient (Wildman–Crippen LogP) is 3.47. The highest BCUT2D eigenvalue weighted by Crippen LogP contribution is 2.26. The van der Waals surface area contributed by atoms with Gasteiger partial charge in [0.2, 0.25) is 0 Å². The van der Waals surface area contributed by atoms with Crippen LogP contribution in [0.4, 0.5) is 11.4 Å². The molecule has 148 valence electrons. The molecule has 0 aliphatic rings. The van der Waals surface area contributed by atoms with Gasteiger partial charge in [-0.2, -0.15) is 0 Å². The molecule has 0 bridgehead atoms. The van der Waals surface area contributed by atoms with Crippen LogP contribution in [0.2, 0.25) is 0 Å². The number of carbonyl (C=O) groups excluding carboxylic acids is 2. The van der Waals surface area contributed by atoms with E-state index in [0.29, 0.717) is 5.69 Å². The van der Waals surface area contributed by atoms with Crippen molar-refractivity contribution in [3.63, 3.8) is 0 Å². The number of nitrogens with one attached hydrogen (secondary N) is 1. The lowest BCUT2D eigenvalue weighted by molar-refractivity contribution is -0.385. The Morgan fingerprint density at radius 3 is 2.36 bits per heavy atom. The third-order valence-corrected chi connectivity index (χ3v) is 4.01. The van der Waals surface area contributed by atoms with E-state index in [9.17, 15) is 19.7 Å². The van der Waals surface area contributed by atoms with Crippen LogP contribution in [0.15, 0.2) is 36.4 Å². The molecule has 0 radical (unpaired) electrons. The van der Waals surface area contributed by atoms with Gasteiger partial charge in [-0.1, -0.05) is 29.8 Å². The van der Waals surface area contributed by atoms with Gasteiger partial charge in [0.1, 0.15) is 0 Å². The molecular weight excluding hydrogens is 364 g/mol. The number of amides is 1. The summed E-state index contributed by atoms with van der Waals surface area (Å²) in [5.41, 5.74) is 3.31. The van der Waals surface area contributed by atoms with Crippen LogP contribution >= 0.6 is 0 Å². The molecular formula is C20H22N2O6. The van der Waals surface area contributed by atoms with Crippen molar-refractivity contribution >= 4 is 23.3 Å². The van der Waals surface area contributed by atoms with E-state index in [1.165, 1.54) is 25.1 Å². The summed E-state index contributed by atoms with van der Waals surface area (Å²) in [6.45, 7) is 6.62. The predicted molar refractivity (Wildman–Crippen MR) is 103 cm³/mol. The van der Waals surface area contributed by atoms with Crippen LogP contribution in [0.25, 0.3) is 0 Å². The van der Waals surface area contributed by atoms with Crippen molar-refractivity contribution in [3.05, 3.63) is 63.2 Å². The van der Waals surface area contributed by atoms with Crippen molar-refractivity contribution in [2.75, 3.05) is 11.9 Å². The Labute approximate surface area is 162 Å². The summed E-state index contributed by atoms with van der Waals surface area (Å²) in [6, 6.07) is 9.58. The maximum Gasteiger partial charge on any atom is 0.344 e. The van der Waals surface area contributed by atoms with Gasteiger partial charge in [-0.05, 0) is 44.9 Å². The van der Waals surface area contributed by atoms with Gasteiger partial charge in [-0.3, -0.25) is 14.9 Å². The fourth-order valence-electron chi connectivity index (χ4n) is 2.75. The smallest absolute Gasteiger partial charge is 0.344 e. The van der Waals surface area contributed by atoms with Crippen molar-refractivity contribution in [3.8, 4) is 5.75 Å². The molecule has 0 saturated heterocycles. The average molecular weight is 386 g/mol. The lowest BCUT2D eigenvalue weighted by Gasteiger charge is -2.17. The van der Waals surface area contributed by atoms with E-state index in [0.717, 1.165) is 16.7 Å². The first-order valence-electron chi connectivity index (χ1n) is 8.63. The van der Waals surface area contributed by atoms with E-state index in [1.54, 1.807) is 6.07 Å². The number of ether oxygens (including phenoxy) is 2. The van der Waals surface area contributed by atoms with Gasteiger partial charge < -0.3 is 14.8 Å². The second-order valence-corrected chi connectivity index (χ2v) is 6.41. The zero-order valence-electron chi connectivity index (χ0n) is 16.1. The summed E-state index contributed by atoms with van der Waals surface area (Å²) in [6.07, 6.45) is -1.05. The Morgan fingerprint density at radius 1 is 1.14 bits per heavy atom. The maximum absolute atomic E-state index is 12.3. The largest absolute Gasteiger partial charge is 0.475 e. The molecule has 2 rings (SSSR count). The number of benzene rings is 2. The van der Waals surface area contributed by atoms with Crippen molar-refractivity contribution in [2.45, 2.75) is 33.8 Å². The normalized spacial score (nSPS) is 11.4. The van der Waals surface area contributed by atoms with Gasteiger partial charge >= 0.3 is 11.7 Å². The monoisotopic (exact) mass is 386 g/mol. The summed E-state index contributed by atoms with van der Waals surface area (Å²) in [5.74, 6) is -1.33. The van der Waals surface area contributed by atoms with Gasteiger partial charge in [0.05, 0.1) is 4.92 Å². The van der Waals surface area contributed by atoms with Crippen LogP contribution < -0.4 is 10.1 Å². The number of esters is 1. The SMILES string of the molecule is Cc1cc(C)c(NC(=O)[C@@H](C)OC(=O)COc2ccccc2[N+](=O)[O-])c(C)c1. The Morgan fingerprint density at radius 2 is 1.75 bits per heavy atom. The van der Waals surface area contributed by atoms with Crippen molar-refractivity contribution < 1.29 is 24.0 Å². The number of rotatable bonds is 7. The third kappa shape index (κ3) is 5.29. The molecule has 0 spiro atoms. The second-order valence-electron chi connectivity index (χ2n) is 6.41. The fraction of sp³-hybridized carbons (Fsp3) is 0.300. The van der Waals surface area contributed by atoms with Gasteiger partial charge in [0.15, 0.2) is 18.5 Å². The molecule has 0 fully saturated rings. The minimum absolute atomic E-state index is 0.0486. The van der Waals surface area contributed by atoms with E-state index in [-0.39, 0.29) is 11.4 Å². The highest BCUT2D eigenvalue weighted by molar-refractivity contribution is 5.96. The molecule has 0 saturated carbocycles. The van der Waals surface area contributed by atoms with Crippen molar-refractivity contribution in [2.24, 2.45) is 0 Å². The van der Waals surface area contributed by atoms with Crippen LogP contribution in [-0.2, 0) is 14.3 Å². The average Bonchev–Trinajstić information content (AvgIpc) is 2.62. The zero-order chi connectivity index (χ0) is 20.8. The minimum atomic E-state index is -1.05. The van der Waals surface area contributed by atoms with Gasteiger partial charge in [-0.15, -0.1) is 0 Å². The van der Waals surface area contributed by atoms with E-state index >= 15 is 0 Å². The van der Waals surface area contributed by atoms with Crippen LogP contribution in [-0.4, -0.2) is 29.5 Å². The molecule has 0 unspecified atom stereocenters. The number of nitro benzene ring substituents is 1. The molecule has 28 heavy (non-hydrogen) atoms. The standard InChI is InChI=1S/C20H22N2O6/c1-12-9-13(2)19(14(3)10-12)21-20(24)15(4)28-18(23)11-27-17-8-6-5-7-16(17)22(25)26/h5-10,15H,11H2,1-4H3,(H,21,24)/t15-/m1/s1. The van der Waals surface area contributed by atoms with Gasteiger partial charge in [0, 0.05) is 11.8 Å². The highest BCUT2D eigenvalue weighted by Gasteiger charge is 2.21. The summed E-state index contributed by atoms with van der Waals surface area (Å²) < 4.78 is 10.2. The van der Waals surface area contributed by atoms with Gasteiger partial charge in [0.25, 0.3) is 5.91 Å². The lowest BCUT2D eigenvalue weighted by Crippen LogP contribution is -2.32. The second kappa shape index (κ2) is 8.98. The molecule has 0 aromatic heterocycles. The zero-order valence-corrected chi connectivity index (χ0v) is 16.1. The molecule has 0 aliphatic carbocycles. The minimum Gasteiger partial charge on any atom is -0.475 e. The number of nitrogens with zero attached hydrogens (tertiary/aromatic N) is 1. The van der Waals surface area contributed by atoms with E-state index in [2.05, 4.69) is 5.32 Å². The fourth-order valence-corrected chi connectivity index (χ4v) is 2.75. The molecule has 1 N–H and O–H groups in total. The van der Waals surface area contributed by atoms with Crippen LogP contribution in [0.5, 0.6) is 5.75 Å². The van der Waals surface area contributed by atoms with Crippen molar-refractivity contribution in [1.29, 1.82) is 0 Å². The molecule has 8 heteroatoms. The van der Waals surface area contributed by atoms with Crippen LogP contribution in [0.3, 0.4) is 0 Å². The quantitative estimate of drug-likeness (QED) is 0.443. The number of carbonyl (C=O) groups is 2. The van der Waals surface area contributed by atoms with E-state index in [4.69, 9.17) is 9.47 Å². The van der Waals surface area contributed by atoms with Gasteiger partial charge in [-0.25, -0.2) is 4.79 Å². The maximum atomic E-state index is 12.3. The van der Waals surface area contributed by atoms with E-state index in [1.807, 2.05) is 32.9 Å². The molecule has 2 aromatic carbocycles. The Balaban J connectivity index is 1.94. The highest BCUT2D eigenvalue weighted by atomic mass is 16.6. The number of hydrogen-bond donors (Lipinski definition) is 1. The Kier molecular flexibility index (Phi) is 6.70. The number of hydrogen-bond acceptors (Lipinski definition) is 6. The Bertz CT molecular complexity index is 886. The molecule has 2 aromatic rings. The summed E-state index contributed by atoms with van der Waals surface area (Å²) in [4.78, 5) is 34.6. The van der Waals surface area contributed by atoms with Crippen LogP contribution in [0.1, 0.15) is 23.6 Å². The first kappa shape index (κ1) is 20.9. The molecule has 8 nitrogen and oxygen atoms in total. The molecule has 0 heterocycles. The number of anilines is 1. The lowest BCUT2D eigenvalue weighted by atomic mass is 10.0. The van der Waals surface area contributed by atoms with Crippen LogP contribution in [0, 0.1) is 30.9 Å². The topological polar surface area (TPSA) is 108 Å². The molecule has 0 aliphatic heterocycles. The summed E-state index contributed by atoms with van der Waals surface area (Å²) in [7, 11) is 0. The third-order valence-electron chi connectivity index (χ3n) is 4.01. The van der Waals surface area contributed by atoms with Crippen molar-refractivity contribution in [1.82, 2.24) is 0 Å². The molecule has 1 atom stereocenters. The number of nitro groups is 1. The Hall–Kier alpha value is -3.42. The summed E-state index contributed by atoms with van der Waals surface area (Å²) in [5, 5.41) is 13.7. The first-order valence-corrected chi connectivity index (χ1v) is 8.63. The number of para-hydroxylation sites is 2. The molecule has 1 amide bonds. The number of aryl methyl sites for hydroxylation is 3. The van der Waals surface area contributed by atoms with E-state index < -0.39 is 29.5 Å². The first-order chi connectivity index (χ1) is 13.2.